The number of aromatic amines is 1. The third kappa shape index (κ3) is 4.33. The summed E-state index contributed by atoms with van der Waals surface area (Å²) in [6, 6.07) is 6.27. The standard InChI is InChI=1S/C17H25N3O/c1-3-4-5-10-18-11-9-14-7-6-8-15(17(14)21-2)16-12-19-13-20-16/h6-8,12-13,18H,3-5,9-11H2,1-2H3,(H,19,20). The lowest BCUT2D eigenvalue weighted by Crippen LogP contribution is -2.18. The van der Waals surface area contributed by atoms with Gasteiger partial charge in [-0.05, 0) is 37.6 Å². The van der Waals surface area contributed by atoms with Crippen LogP contribution in [0, 0.1) is 0 Å². The summed E-state index contributed by atoms with van der Waals surface area (Å²) in [5.41, 5.74) is 3.29. The van der Waals surface area contributed by atoms with Gasteiger partial charge in [-0.25, -0.2) is 4.98 Å². The van der Waals surface area contributed by atoms with Crippen molar-refractivity contribution in [3.63, 3.8) is 0 Å². The average Bonchev–Trinajstić information content (AvgIpc) is 3.04. The zero-order chi connectivity index (χ0) is 14.9. The second-order valence-corrected chi connectivity index (χ2v) is 5.17. The number of aromatic nitrogens is 2. The molecule has 0 spiro atoms. The van der Waals surface area contributed by atoms with Crippen molar-refractivity contribution >= 4 is 0 Å². The van der Waals surface area contributed by atoms with Crippen LogP contribution in [0.1, 0.15) is 31.7 Å². The van der Waals surface area contributed by atoms with E-state index < -0.39 is 0 Å². The molecule has 0 atom stereocenters. The zero-order valence-electron chi connectivity index (χ0n) is 13.0. The second-order valence-electron chi connectivity index (χ2n) is 5.17. The van der Waals surface area contributed by atoms with Crippen LogP contribution in [-0.4, -0.2) is 30.2 Å². The van der Waals surface area contributed by atoms with Crippen LogP contribution in [0.5, 0.6) is 5.75 Å². The molecule has 0 radical (unpaired) electrons. The highest BCUT2D eigenvalue weighted by molar-refractivity contribution is 5.68. The number of methoxy groups -OCH3 is 1. The third-order valence-electron chi connectivity index (χ3n) is 3.62. The van der Waals surface area contributed by atoms with Gasteiger partial charge >= 0.3 is 0 Å². The van der Waals surface area contributed by atoms with Crippen molar-refractivity contribution in [1.29, 1.82) is 0 Å². The van der Waals surface area contributed by atoms with Crippen LogP contribution in [0.3, 0.4) is 0 Å². The summed E-state index contributed by atoms with van der Waals surface area (Å²) < 4.78 is 5.62. The van der Waals surface area contributed by atoms with E-state index in [4.69, 9.17) is 4.74 Å². The van der Waals surface area contributed by atoms with Crippen molar-refractivity contribution in [2.45, 2.75) is 32.6 Å². The third-order valence-corrected chi connectivity index (χ3v) is 3.62. The summed E-state index contributed by atoms with van der Waals surface area (Å²) in [5, 5.41) is 3.50. The van der Waals surface area contributed by atoms with Crippen molar-refractivity contribution in [3.8, 4) is 17.0 Å². The molecule has 0 aliphatic carbocycles. The van der Waals surface area contributed by atoms with Gasteiger partial charge in [0.1, 0.15) is 5.75 Å². The summed E-state index contributed by atoms with van der Waals surface area (Å²) in [4.78, 5) is 7.22. The van der Waals surface area contributed by atoms with Crippen LogP contribution in [-0.2, 0) is 6.42 Å². The number of imidazole rings is 1. The zero-order valence-corrected chi connectivity index (χ0v) is 13.0. The van der Waals surface area contributed by atoms with Gasteiger partial charge in [0, 0.05) is 5.56 Å². The quantitative estimate of drug-likeness (QED) is 0.695. The minimum absolute atomic E-state index is 0.942. The molecule has 4 nitrogen and oxygen atoms in total. The molecular weight excluding hydrogens is 262 g/mol. The van der Waals surface area contributed by atoms with Crippen molar-refractivity contribution in [2.24, 2.45) is 0 Å². The summed E-state index contributed by atoms with van der Waals surface area (Å²) in [6.45, 7) is 4.30. The van der Waals surface area contributed by atoms with E-state index in [0.717, 1.165) is 36.5 Å². The van der Waals surface area contributed by atoms with Gasteiger partial charge in [0.25, 0.3) is 0 Å². The second kappa shape index (κ2) is 8.47. The number of para-hydroxylation sites is 1. The summed E-state index contributed by atoms with van der Waals surface area (Å²) in [7, 11) is 1.73. The number of nitrogens with zero attached hydrogens (tertiary/aromatic N) is 1. The SMILES string of the molecule is CCCCCNCCc1cccc(-c2cnc[nH]2)c1OC. The number of benzene rings is 1. The number of unbranched alkanes of at least 4 members (excludes halogenated alkanes) is 2. The maximum absolute atomic E-state index is 5.62. The minimum Gasteiger partial charge on any atom is -0.496 e. The Morgan fingerprint density at radius 1 is 1.24 bits per heavy atom. The van der Waals surface area contributed by atoms with Gasteiger partial charge in [-0.15, -0.1) is 0 Å². The van der Waals surface area contributed by atoms with Crippen LogP contribution in [0.15, 0.2) is 30.7 Å². The first-order chi connectivity index (χ1) is 10.4. The predicted molar refractivity (Wildman–Crippen MR) is 86.7 cm³/mol. The van der Waals surface area contributed by atoms with Gasteiger partial charge in [0.05, 0.1) is 25.3 Å². The van der Waals surface area contributed by atoms with E-state index >= 15 is 0 Å². The Morgan fingerprint density at radius 2 is 2.14 bits per heavy atom. The Bertz CT molecular complexity index is 523. The molecule has 1 heterocycles. The predicted octanol–water partition coefficient (Wildman–Crippen LogP) is 3.41. The number of rotatable bonds is 9. The molecule has 0 aliphatic rings. The van der Waals surface area contributed by atoms with Crippen LogP contribution < -0.4 is 10.1 Å². The van der Waals surface area contributed by atoms with Crippen LogP contribution in [0.2, 0.25) is 0 Å². The lowest BCUT2D eigenvalue weighted by molar-refractivity contribution is 0.410. The molecular formula is C17H25N3O. The summed E-state index contributed by atoms with van der Waals surface area (Å²) in [6.07, 6.45) is 8.30. The van der Waals surface area contributed by atoms with E-state index in [1.165, 1.54) is 24.8 Å². The fraction of sp³-hybridized carbons (Fsp3) is 0.471. The lowest BCUT2D eigenvalue weighted by Gasteiger charge is -2.13. The van der Waals surface area contributed by atoms with Crippen LogP contribution in [0.25, 0.3) is 11.3 Å². The van der Waals surface area contributed by atoms with E-state index in [1.54, 1.807) is 13.4 Å². The monoisotopic (exact) mass is 287 g/mol. The molecule has 21 heavy (non-hydrogen) atoms. The minimum atomic E-state index is 0.942. The average molecular weight is 287 g/mol. The fourth-order valence-corrected chi connectivity index (χ4v) is 2.49. The molecule has 2 rings (SSSR count). The number of H-pyrrole nitrogens is 1. The number of hydrogen-bond donors (Lipinski definition) is 2. The summed E-state index contributed by atoms with van der Waals surface area (Å²) >= 11 is 0. The van der Waals surface area contributed by atoms with Gasteiger partial charge in [-0.3, -0.25) is 0 Å². The molecule has 4 heteroatoms. The largest absolute Gasteiger partial charge is 0.496 e. The number of ether oxygens (including phenoxy) is 1. The highest BCUT2D eigenvalue weighted by Crippen LogP contribution is 2.31. The molecule has 0 unspecified atom stereocenters. The lowest BCUT2D eigenvalue weighted by atomic mass is 10.0. The molecule has 0 bridgehead atoms. The Labute approximate surface area is 127 Å². The van der Waals surface area contributed by atoms with E-state index in [1.807, 2.05) is 6.20 Å². The highest BCUT2D eigenvalue weighted by atomic mass is 16.5. The maximum Gasteiger partial charge on any atom is 0.131 e. The van der Waals surface area contributed by atoms with Gasteiger partial charge in [0.2, 0.25) is 0 Å². The maximum atomic E-state index is 5.62. The van der Waals surface area contributed by atoms with E-state index in [2.05, 4.69) is 40.4 Å². The molecule has 1 aromatic carbocycles. The Balaban J connectivity index is 1.98. The molecule has 1 aromatic heterocycles. The molecule has 0 fully saturated rings. The Morgan fingerprint density at radius 3 is 2.86 bits per heavy atom. The van der Waals surface area contributed by atoms with E-state index in [-0.39, 0.29) is 0 Å². The van der Waals surface area contributed by atoms with Crippen molar-refractivity contribution in [2.75, 3.05) is 20.2 Å². The first-order valence-corrected chi connectivity index (χ1v) is 7.72. The van der Waals surface area contributed by atoms with Crippen LogP contribution >= 0.6 is 0 Å². The molecule has 0 aliphatic heterocycles. The van der Waals surface area contributed by atoms with Gasteiger partial charge in [0.15, 0.2) is 0 Å². The van der Waals surface area contributed by atoms with Crippen LogP contribution in [0.4, 0.5) is 0 Å². The summed E-state index contributed by atoms with van der Waals surface area (Å²) in [5.74, 6) is 0.942. The Hall–Kier alpha value is -1.81. The molecule has 0 amide bonds. The first-order valence-electron chi connectivity index (χ1n) is 7.72. The molecule has 0 saturated carbocycles. The van der Waals surface area contributed by atoms with Gasteiger partial charge in [-0.2, -0.15) is 0 Å². The van der Waals surface area contributed by atoms with Crippen molar-refractivity contribution in [1.82, 2.24) is 15.3 Å². The Kier molecular flexibility index (Phi) is 6.28. The molecule has 2 aromatic rings. The molecule has 114 valence electrons. The number of nitrogens with one attached hydrogen (secondary N) is 2. The van der Waals surface area contributed by atoms with E-state index in [0.29, 0.717) is 0 Å². The van der Waals surface area contributed by atoms with Gasteiger partial charge < -0.3 is 15.0 Å². The smallest absolute Gasteiger partial charge is 0.131 e. The molecule has 0 saturated heterocycles. The molecule has 2 N–H and O–H groups in total. The highest BCUT2D eigenvalue weighted by Gasteiger charge is 2.11. The fourth-order valence-electron chi connectivity index (χ4n) is 2.49. The van der Waals surface area contributed by atoms with E-state index in [9.17, 15) is 0 Å². The van der Waals surface area contributed by atoms with Gasteiger partial charge in [-0.1, -0.05) is 31.9 Å². The van der Waals surface area contributed by atoms with Crippen molar-refractivity contribution in [3.05, 3.63) is 36.3 Å². The normalized spacial score (nSPS) is 10.8. The topological polar surface area (TPSA) is 49.9 Å². The number of hydrogen-bond acceptors (Lipinski definition) is 3. The first kappa shape index (κ1) is 15.6. The van der Waals surface area contributed by atoms with Crippen molar-refractivity contribution < 1.29 is 4.74 Å².